The van der Waals surface area contributed by atoms with E-state index in [2.05, 4.69) is 0 Å². The third-order valence-corrected chi connectivity index (χ3v) is 3.21. The van der Waals surface area contributed by atoms with Gasteiger partial charge in [-0.1, -0.05) is 23.2 Å². The van der Waals surface area contributed by atoms with Crippen LogP contribution in [0.15, 0.2) is 23.1 Å². The first kappa shape index (κ1) is 10.9. The van der Waals surface area contributed by atoms with Gasteiger partial charge in [0.2, 0.25) is 0 Å². The number of ketones is 1. The molecule has 0 aliphatic heterocycles. The smallest absolute Gasteiger partial charge is 0.140 e. The first-order valence-corrected chi connectivity index (χ1v) is 5.41. The van der Waals surface area contributed by atoms with Gasteiger partial charge in [-0.3, -0.25) is 4.79 Å². The van der Waals surface area contributed by atoms with Gasteiger partial charge in [0.1, 0.15) is 5.78 Å². The van der Waals surface area contributed by atoms with Crippen molar-refractivity contribution >= 4 is 40.7 Å². The van der Waals surface area contributed by atoms with Crippen LogP contribution in [0.3, 0.4) is 0 Å². The van der Waals surface area contributed by atoms with Crippen molar-refractivity contribution in [3.63, 3.8) is 0 Å². The topological polar surface area (TPSA) is 17.1 Å². The Morgan fingerprint density at radius 2 is 2.08 bits per heavy atom. The third-order valence-electron chi connectivity index (χ3n) is 1.33. The molecule has 0 amide bonds. The molecule has 0 aliphatic rings. The Bertz CT molecular complexity index is 325. The van der Waals surface area contributed by atoms with Crippen LogP contribution in [0.4, 0.5) is 0 Å². The van der Waals surface area contributed by atoms with Gasteiger partial charge >= 0.3 is 0 Å². The van der Waals surface area contributed by atoms with Crippen molar-refractivity contribution in [3.05, 3.63) is 28.2 Å². The molecule has 0 saturated carbocycles. The molecule has 0 fully saturated rings. The Hall–Kier alpha value is -0.180. The van der Waals surface area contributed by atoms with Gasteiger partial charge < -0.3 is 0 Å². The highest BCUT2D eigenvalue weighted by molar-refractivity contribution is 8.00. The van der Waals surface area contributed by atoms with Crippen molar-refractivity contribution < 1.29 is 4.79 Å². The number of benzene rings is 1. The number of hydrogen-bond donors (Lipinski definition) is 0. The van der Waals surface area contributed by atoms with E-state index >= 15 is 0 Å². The summed E-state index contributed by atoms with van der Waals surface area (Å²) >= 11 is 13.0. The van der Waals surface area contributed by atoms with Gasteiger partial charge in [0.05, 0.1) is 15.8 Å². The molecular weight excluding hydrogens is 227 g/mol. The van der Waals surface area contributed by atoms with Gasteiger partial charge in [-0.25, -0.2) is 0 Å². The molecule has 1 rings (SSSR count). The second-order valence-corrected chi connectivity index (χ2v) is 4.43. The zero-order valence-electron chi connectivity index (χ0n) is 7.01. The fourth-order valence-corrected chi connectivity index (χ4v) is 1.85. The molecule has 0 spiro atoms. The van der Waals surface area contributed by atoms with E-state index in [4.69, 9.17) is 23.2 Å². The maximum atomic E-state index is 10.7. The van der Waals surface area contributed by atoms with Crippen LogP contribution < -0.4 is 0 Å². The molecule has 0 radical (unpaired) electrons. The Labute approximate surface area is 91.4 Å². The molecular formula is C9H8Cl2OS. The van der Waals surface area contributed by atoms with Crippen LogP contribution in [0, 0.1) is 0 Å². The number of Topliss-reactive ketones (excluding diaryl/α,β-unsaturated/α-hetero) is 1. The van der Waals surface area contributed by atoms with Crippen LogP contribution in [0.25, 0.3) is 0 Å². The zero-order valence-corrected chi connectivity index (χ0v) is 9.34. The molecule has 0 atom stereocenters. The van der Waals surface area contributed by atoms with E-state index in [0.717, 1.165) is 4.90 Å². The second kappa shape index (κ2) is 4.89. The van der Waals surface area contributed by atoms with Crippen LogP contribution in [-0.4, -0.2) is 11.5 Å². The Morgan fingerprint density at radius 3 is 2.62 bits per heavy atom. The summed E-state index contributed by atoms with van der Waals surface area (Å²) < 4.78 is 0. The molecule has 0 unspecified atom stereocenters. The number of hydrogen-bond acceptors (Lipinski definition) is 2. The molecule has 1 aromatic carbocycles. The summed E-state index contributed by atoms with van der Waals surface area (Å²) in [5.41, 5.74) is 0. The standard InChI is InChI=1S/C9H8Cl2OS/c1-6(12)5-13-7-2-3-8(10)9(11)4-7/h2-4H,5H2,1H3. The number of halogens is 2. The lowest BCUT2D eigenvalue weighted by Gasteiger charge is -2.00. The first-order chi connectivity index (χ1) is 6.09. The zero-order chi connectivity index (χ0) is 9.84. The average molecular weight is 235 g/mol. The van der Waals surface area contributed by atoms with Gasteiger partial charge in [0, 0.05) is 4.90 Å². The monoisotopic (exact) mass is 234 g/mol. The maximum absolute atomic E-state index is 10.7. The van der Waals surface area contributed by atoms with E-state index in [-0.39, 0.29) is 5.78 Å². The summed E-state index contributed by atoms with van der Waals surface area (Å²) in [6.07, 6.45) is 0. The molecule has 70 valence electrons. The van der Waals surface area contributed by atoms with Gasteiger partial charge in [0.15, 0.2) is 0 Å². The summed E-state index contributed by atoms with van der Waals surface area (Å²) in [7, 11) is 0. The lowest BCUT2D eigenvalue weighted by atomic mass is 10.4. The third kappa shape index (κ3) is 3.59. The van der Waals surface area contributed by atoms with E-state index in [0.29, 0.717) is 15.8 Å². The van der Waals surface area contributed by atoms with E-state index < -0.39 is 0 Å². The van der Waals surface area contributed by atoms with E-state index in [1.165, 1.54) is 11.8 Å². The highest BCUT2D eigenvalue weighted by Crippen LogP contribution is 2.27. The molecule has 0 bridgehead atoms. The molecule has 4 heteroatoms. The maximum Gasteiger partial charge on any atom is 0.140 e. The lowest BCUT2D eigenvalue weighted by Crippen LogP contribution is -1.92. The van der Waals surface area contributed by atoms with Crippen molar-refractivity contribution in [2.45, 2.75) is 11.8 Å². The summed E-state index contributed by atoms with van der Waals surface area (Å²) in [4.78, 5) is 11.7. The molecule has 0 N–H and O–H groups in total. The van der Waals surface area contributed by atoms with Crippen molar-refractivity contribution in [1.29, 1.82) is 0 Å². The Morgan fingerprint density at radius 1 is 1.38 bits per heavy atom. The quantitative estimate of drug-likeness (QED) is 0.743. The van der Waals surface area contributed by atoms with Crippen molar-refractivity contribution in [1.82, 2.24) is 0 Å². The van der Waals surface area contributed by atoms with Crippen LogP contribution in [0.2, 0.25) is 10.0 Å². The molecule has 1 nitrogen and oxygen atoms in total. The normalized spacial score (nSPS) is 10.1. The summed E-state index contributed by atoms with van der Waals surface area (Å²) in [5.74, 6) is 0.619. The number of rotatable bonds is 3. The summed E-state index contributed by atoms with van der Waals surface area (Å²) in [6, 6.07) is 5.34. The lowest BCUT2D eigenvalue weighted by molar-refractivity contribution is -0.114. The van der Waals surface area contributed by atoms with Gasteiger partial charge in [-0.15, -0.1) is 11.8 Å². The van der Waals surface area contributed by atoms with Gasteiger partial charge in [-0.05, 0) is 25.1 Å². The second-order valence-electron chi connectivity index (χ2n) is 2.57. The molecule has 1 aromatic rings. The van der Waals surface area contributed by atoms with E-state index in [1.54, 1.807) is 19.1 Å². The predicted molar refractivity (Wildman–Crippen MR) is 57.9 cm³/mol. The van der Waals surface area contributed by atoms with Gasteiger partial charge in [-0.2, -0.15) is 0 Å². The number of thioether (sulfide) groups is 1. The molecule has 0 aromatic heterocycles. The van der Waals surface area contributed by atoms with Crippen LogP contribution in [-0.2, 0) is 4.79 Å². The van der Waals surface area contributed by atoms with E-state index in [1.807, 2.05) is 6.07 Å². The molecule has 0 saturated heterocycles. The predicted octanol–water partition coefficient (Wildman–Crippen LogP) is 3.67. The molecule has 0 aliphatic carbocycles. The van der Waals surface area contributed by atoms with Crippen LogP contribution >= 0.6 is 35.0 Å². The molecule has 13 heavy (non-hydrogen) atoms. The van der Waals surface area contributed by atoms with Crippen molar-refractivity contribution in [2.24, 2.45) is 0 Å². The summed E-state index contributed by atoms with van der Waals surface area (Å²) in [6.45, 7) is 1.56. The van der Waals surface area contributed by atoms with Crippen LogP contribution in [0.5, 0.6) is 0 Å². The SMILES string of the molecule is CC(=O)CSc1ccc(Cl)c(Cl)c1. The fourth-order valence-electron chi connectivity index (χ4n) is 0.752. The Kier molecular flexibility index (Phi) is 4.10. The first-order valence-electron chi connectivity index (χ1n) is 3.67. The van der Waals surface area contributed by atoms with Crippen molar-refractivity contribution in [3.8, 4) is 0 Å². The minimum atomic E-state index is 0.149. The van der Waals surface area contributed by atoms with Crippen molar-refractivity contribution in [2.75, 3.05) is 5.75 Å². The minimum absolute atomic E-state index is 0.149. The number of carbonyl (C=O) groups excluding carboxylic acids is 1. The largest absolute Gasteiger partial charge is 0.299 e. The molecule has 0 heterocycles. The van der Waals surface area contributed by atoms with Crippen LogP contribution in [0.1, 0.15) is 6.92 Å². The minimum Gasteiger partial charge on any atom is -0.299 e. The summed E-state index contributed by atoms with van der Waals surface area (Å²) in [5, 5.41) is 1.06. The highest BCUT2D eigenvalue weighted by Gasteiger charge is 2.01. The highest BCUT2D eigenvalue weighted by atomic mass is 35.5. The number of carbonyl (C=O) groups is 1. The fraction of sp³-hybridized carbons (Fsp3) is 0.222. The van der Waals surface area contributed by atoms with E-state index in [9.17, 15) is 4.79 Å². The van der Waals surface area contributed by atoms with Gasteiger partial charge in [0.25, 0.3) is 0 Å². The Balaban J connectivity index is 2.68. The average Bonchev–Trinajstić information content (AvgIpc) is 2.07.